The molecular formula is C15H20N2O2S2. The molecule has 1 unspecified atom stereocenters. The predicted molar refractivity (Wildman–Crippen MR) is 88.1 cm³/mol. The SMILES string of the molecule is Cc1ccc(N)c(S(=O)(=O)NC(C)Cc2ccsc2)c1C. The highest BCUT2D eigenvalue weighted by Gasteiger charge is 2.23. The topological polar surface area (TPSA) is 72.2 Å². The van der Waals surface area contributed by atoms with Crippen molar-refractivity contribution < 1.29 is 8.42 Å². The number of nitrogens with two attached hydrogens (primary N) is 1. The second kappa shape index (κ2) is 6.17. The average Bonchev–Trinajstić information content (AvgIpc) is 2.85. The summed E-state index contributed by atoms with van der Waals surface area (Å²) in [5.74, 6) is 0. The molecule has 6 heteroatoms. The summed E-state index contributed by atoms with van der Waals surface area (Å²) in [5.41, 5.74) is 8.90. The molecule has 1 heterocycles. The van der Waals surface area contributed by atoms with E-state index in [9.17, 15) is 8.42 Å². The summed E-state index contributed by atoms with van der Waals surface area (Å²) in [4.78, 5) is 0.194. The van der Waals surface area contributed by atoms with Crippen molar-refractivity contribution in [3.63, 3.8) is 0 Å². The summed E-state index contributed by atoms with van der Waals surface area (Å²) in [7, 11) is -3.62. The van der Waals surface area contributed by atoms with Gasteiger partial charge in [0.1, 0.15) is 4.90 Å². The van der Waals surface area contributed by atoms with Gasteiger partial charge in [-0.2, -0.15) is 11.3 Å². The summed E-state index contributed by atoms with van der Waals surface area (Å²) in [6.45, 7) is 5.52. The molecule has 0 radical (unpaired) electrons. The molecule has 3 N–H and O–H groups in total. The number of anilines is 1. The number of aryl methyl sites for hydroxylation is 1. The molecule has 0 bridgehead atoms. The lowest BCUT2D eigenvalue weighted by molar-refractivity contribution is 0.559. The van der Waals surface area contributed by atoms with Gasteiger partial charge < -0.3 is 5.73 Å². The quantitative estimate of drug-likeness (QED) is 0.831. The van der Waals surface area contributed by atoms with Crippen LogP contribution in [0.2, 0.25) is 0 Å². The van der Waals surface area contributed by atoms with Crippen molar-refractivity contribution in [3.05, 3.63) is 45.6 Å². The maximum absolute atomic E-state index is 12.6. The second-order valence-corrected chi connectivity index (χ2v) is 7.71. The van der Waals surface area contributed by atoms with Crippen LogP contribution in [0.25, 0.3) is 0 Å². The van der Waals surface area contributed by atoms with Crippen LogP contribution in [0.15, 0.2) is 33.9 Å². The van der Waals surface area contributed by atoms with Crippen molar-refractivity contribution >= 4 is 27.0 Å². The van der Waals surface area contributed by atoms with Gasteiger partial charge in [-0.15, -0.1) is 0 Å². The zero-order chi connectivity index (χ0) is 15.6. The average molecular weight is 324 g/mol. The fourth-order valence-corrected chi connectivity index (χ4v) is 4.65. The minimum absolute atomic E-state index is 0.191. The van der Waals surface area contributed by atoms with Gasteiger partial charge in [0.2, 0.25) is 10.0 Å². The van der Waals surface area contributed by atoms with Crippen molar-refractivity contribution in [2.24, 2.45) is 0 Å². The molecule has 114 valence electrons. The molecular weight excluding hydrogens is 304 g/mol. The first-order valence-corrected chi connectivity index (χ1v) is 9.13. The van der Waals surface area contributed by atoms with Gasteiger partial charge in [0.25, 0.3) is 0 Å². The number of sulfonamides is 1. The van der Waals surface area contributed by atoms with Gasteiger partial charge in [0.05, 0.1) is 5.69 Å². The first kappa shape index (κ1) is 16.0. The van der Waals surface area contributed by atoms with Gasteiger partial charge in [-0.25, -0.2) is 13.1 Å². The lowest BCUT2D eigenvalue weighted by atomic mass is 10.1. The molecule has 1 aromatic carbocycles. The maximum atomic E-state index is 12.6. The third-order valence-electron chi connectivity index (χ3n) is 3.45. The summed E-state index contributed by atoms with van der Waals surface area (Å²) in [6, 6.07) is 5.28. The molecule has 0 amide bonds. The molecule has 0 aliphatic carbocycles. The minimum atomic E-state index is -3.62. The van der Waals surface area contributed by atoms with Crippen LogP contribution in [0, 0.1) is 13.8 Å². The first-order valence-electron chi connectivity index (χ1n) is 6.70. The van der Waals surface area contributed by atoms with Gasteiger partial charge >= 0.3 is 0 Å². The highest BCUT2D eigenvalue weighted by atomic mass is 32.2. The van der Waals surface area contributed by atoms with Crippen molar-refractivity contribution in [2.45, 2.75) is 38.1 Å². The predicted octanol–water partition coefficient (Wildman–Crippen LogP) is 2.86. The van der Waals surface area contributed by atoms with Crippen LogP contribution < -0.4 is 10.5 Å². The fourth-order valence-electron chi connectivity index (χ4n) is 2.30. The van der Waals surface area contributed by atoms with E-state index in [1.807, 2.05) is 36.7 Å². The van der Waals surface area contributed by atoms with Crippen molar-refractivity contribution in [1.82, 2.24) is 4.72 Å². The lowest BCUT2D eigenvalue weighted by Gasteiger charge is -2.17. The molecule has 0 fully saturated rings. The number of nitrogens with one attached hydrogen (secondary N) is 1. The van der Waals surface area contributed by atoms with E-state index in [0.29, 0.717) is 12.0 Å². The molecule has 1 atom stereocenters. The van der Waals surface area contributed by atoms with Crippen LogP contribution in [0.4, 0.5) is 5.69 Å². The number of rotatable bonds is 5. The Bertz CT molecular complexity index is 722. The Kier molecular flexibility index (Phi) is 4.70. The van der Waals surface area contributed by atoms with Crippen molar-refractivity contribution in [1.29, 1.82) is 0 Å². The Morgan fingerprint density at radius 2 is 2.00 bits per heavy atom. The smallest absolute Gasteiger partial charge is 0.243 e. The Morgan fingerprint density at radius 3 is 2.62 bits per heavy atom. The largest absolute Gasteiger partial charge is 0.398 e. The van der Waals surface area contributed by atoms with Crippen LogP contribution in [-0.4, -0.2) is 14.5 Å². The van der Waals surface area contributed by atoms with Crippen LogP contribution >= 0.6 is 11.3 Å². The fraction of sp³-hybridized carbons (Fsp3) is 0.333. The Labute approximate surface area is 130 Å². The van der Waals surface area contributed by atoms with Gasteiger partial charge in [-0.3, -0.25) is 0 Å². The summed E-state index contributed by atoms with van der Waals surface area (Å²) < 4.78 is 27.9. The van der Waals surface area contributed by atoms with Crippen LogP contribution in [-0.2, 0) is 16.4 Å². The van der Waals surface area contributed by atoms with E-state index in [1.54, 1.807) is 24.3 Å². The zero-order valence-corrected chi connectivity index (χ0v) is 14.0. The molecule has 0 saturated heterocycles. The van der Waals surface area contributed by atoms with E-state index in [1.165, 1.54) is 0 Å². The normalized spacial score (nSPS) is 13.3. The number of benzene rings is 1. The van der Waals surface area contributed by atoms with Crippen LogP contribution in [0.5, 0.6) is 0 Å². The van der Waals surface area contributed by atoms with E-state index in [-0.39, 0.29) is 16.6 Å². The van der Waals surface area contributed by atoms with Gasteiger partial charge in [-0.1, -0.05) is 6.07 Å². The molecule has 0 aliphatic heterocycles. The molecule has 0 aliphatic rings. The van der Waals surface area contributed by atoms with E-state index < -0.39 is 10.0 Å². The molecule has 21 heavy (non-hydrogen) atoms. The zero-order valence-electron chi connectivity index (χ0n) is 12.4. The van der Waals surface area contributed by atoms with E-state index in [2.05, 4.69) is 4.72 Å². The summed E-state index contributed by atoms with van der Waals surface area (Å²) >= 11 is 1.61. The van der Waals surface area contributed by atoms with Gasteiger partial charge in [0.15, 0.2) is 0 Å². The Balaban J connectivity index is 2.25. The first-order chi connectivity index (χ1) is 9.81. The van der Waals surface area contributed by atoms with E-state index in [0.717, 1.165) is 11.1 Å². The van der Waals surface area contributed by atoms with Gasteiger partial charge in [0, 0.05) is 6.04 Å². The molecule has 0 spiro atoms. The third kappa shape index (κ3) is 3.64. The van der Waals surface area contributed by atoms with Crippen molar-refractivity contribution in [3.8, 4) is 0 Å². The highest BCUT2D eigenvalue weighted by Crippen LogP contribution is 2.25. The summed E-state index contributed by atoms with van der Waals surface area (Å²) in [5, 5.41) is 4.01. The molecule has 2 rings (SSSR count). The number of hydrogen-bond donors (Lipinski definition) is 2. The Morgan fingerprint density at radius 1 is 1.29 bits per heavy atom. The lowest BCUT2D eigenvalue weighted by Crippen LogP contribution is -2.34. The standard InChI is InChI=1S/C15H20N2O2S2/c1-10-4-5-14(16)15(12(10)3)21(18,19)17-11(2)8-13-6-7-20-9-13/h4-7,9,11,17H,8,16H2,1-3H3. The van der Waals surface area contributed by atoms with E-state index in [4.69, 9.17) is 5.73 Å². The number of nitrogen functional groups attached to an aromatic ring is 1. The maximum Gasteiger partial charge on any atom is 0.243 e. The van der Waals surface area contributed by atoms with E-state index >= 15 is 0 Å². The van der Waals surface area contributed by atoms with Crippen molar-refractivity contribution in [2.75, 3.05) is 5.73 Å². The molecule has 1 aromatic heterocycles. The van der Waals surface area contributed by atoms with Crippen LogP contribution in [0.3, 0.4) is 0 Å². The minimum Gasteiger partial charge on any atom is -0.398 e. The number of thiophene rings is 1. The molecule has 2 aromatic rings. The Hall–Kier alpha value is -1.37. The van der Waals surface area contributed by atoms with Crippen LogP contribution in [0.1, 0.15) is 23.6 Å². The monoisotopic (exact) mass is 324 g/mol. The molecule has 4 nitrogen and oxygen atoms in total. The summed E-state index contributed by atoms with van der Waals surface area (Å²) in [6.07, 6.45) is 0.660. The third-order valence-corrected chi connectivity index (χ3v) is 5.98. The van der Waals surface area contributed by atoms with Gasteiger partial charge in [-0.05, 0) is 66.8 Å². The second-order valence-electron chi connectivity index (χ2n) is 5.28. The number of hydrogen-bond acceptors (Lipinski definition) is 4. The molecule has 0 saturated carbocycles. The highest BCUT2D eigenvalue weighted by molar-refractivity contribution is 7.89.